The lowest BCUT2D eigenvalue weighted by molar-refractivity contribution is -0.142. The van der Waals surface area contributed by atoms with E-state index >= 15 is 0 Å². The molecule has 21 heavy (non-hydrogen) atoms. The number of sulfonamides is 1. The lowest BCUT2D eigenvalue weighted by Gasteiger charge is -2.17. The van der Waals surface area contributed by atoms with Crippen LogP contribution in [-0.4, -0.2) is 26.0 Å². The average molecular weight is 314 g/mol. The van der Waals surface area contributed by atoms with Crippen LogP contribution in [0, 0.1) is 29.0 Å². The highest BCUT2D eigenvalue weighted by molar-refractivity contribution is 7.89. The number of rotatable bonds is 6. The summed E-state index contributed by atoms with van der Waals surface area (Å²) in [6, 6.07) is 4.73. The van der Waals surface area contributed by atoms with Gasteiger partial charge in [0.15, 0.2) is 0 Å². The molecule has 0 aromatic heterocycles. The molecule has 0 spiro atoms. The zero-order valence-corrected chi connectivity index (χ0v) is 12.3. The van der Waals surface area contributed by atoms with E-state index < -0.39 is 38.2 Å². The minimum absolute atomic E-state index is 0.284. The number of nitrogens with one attached hydrogen (secondary N) is 1. The molecule has 1 rings (SSSR count). The molecule has 1 aromatic carbocycles. The molecule has 0 aliphatic rings. The van der Waals surface area contributed by atoms with Gasteiger partial charge < -0.3 is 5.11 Å². The topological polar surface area (TPSA) is 107 Å². The van der Waals surface area contributed by atoms with Crippen LogP contribution in [0.15, 0.2) is 23.1 Å². The van der Waals surface area contributed by atoms with Crippen LogP contribution in [0.1, 0.15) is 19.4 Å². The van der Waals surface area contributed by atoms with Gasteiger partial charge in [0.05, 0.1) is 5.92 Å². The van der Waals surface area contributed by atoms with Crippen LogP contribution in [0.4, 0.5) is 4.39 Å². The lowest BCUT2D eigenvalue weighted by atomic mass is 9.97. The second kappa shape index (κ2) is 6.65. The molecule has 2 N–H and O–H groups in total. The number of hydrogen-bond donors (Lipinski definition) is 2. The van der Waals surface area contributed by atoms with E-state index in [1.54, 1.807) is 13.8 Å². The van der Waals surface area contributed by atoms with Crippen molar-refractivity contribution in [2.45, 2.75) is 18.7 Å². The number of nitriles is 1. The standard InChI is InChI=1S/C13H15FN2O4S/c1-8(2)10(13(17)18)7-16-21(19,20)12-5-3-4-11(14)9(12)6-15/h3-5,8,10,16H,7H2,1-2H3,(H,17,18). The largest absolute Gasteiger partial charge is 0.481 e. The van der Waals surface area contributed by atoms with Gasteiger partial charge in [-0.3, -0.25) is 4.79 Å². The summed E-state index contributed by atoms with van der Waals surface area (Å²) in [6.45, 7) is 2.96. The maximum Gasteiger partial charge on any atom is 0.308 e. The molecule has 0 bridgehead atoms. The summed E-state index contributed by atoms with van der Waals surface area (Å²) >= 11 is 0. The maximum atomic E-state index is 13.4. The van der Waals surface area contributed by atoms with Crippen molar-refractivity contribution in [2.75, 3.05) is 6.54 Å². The number of carboxylic acids is 1. The zero-order valence-electron chi connectivity index (χ0n) is 11.5. The van der Waals surface area contributed by atoms with Gasteiger partial charge in [0, 0.05) is 6.54 Å². The minimum atomic E-state index is -4.16. The highest BCUT2D eigenvalue weighted by Crippen LogP contribution is 2.18. The van der Waals surface area contributed by atoms with Crippen molar-refractivity contribution in [1.82, 2.24) is 4.72 Å². The van der Waals surface area contributed by atoms with Gasteiger partial charge in [0.25, 0.3) is 0 Å². The number of hydrogen-bond acceptors (Lipinski definition) is 4. The third kappa shape index (κ3) is 4.00. The SMILES string of the molecule is CC(C)C(CNS(=O)(=O)c1cccc(F)c1C#N)C(=O)O. The van der Waals surface area contributed by atoms with E-state index in [-0.39, 0.29) is 12.5 Å². The predicted octanol–water partition coefficient (Wildman–Crippen LogP) is 1.33. The first-order valence-corrected chi connectivity index (χ1v) is 7.60. The molecule has 0 aliphatic heterocycles. The first-order chi connectivity index (χ1) is 9.70. The molecule has 1 aromatic rings. The maximum absolute atomic E-state index is 13.4. The monoisotopic (exact) mass is 314 g/mol. The fraction of sp³-hybridized carbons (Fsp3) is 0.385. The average Bonchev–Trinajstić information content (AvgIpc) is 2.37. The Morgan fingerprint density at radius 2 is 2.10 bits per heavy atom. The predicted molar refractivity (Wildman–Crippen MR) is 72.3 cm³/mol. The van der Waals surface area contributed by atoms with Crippen LogP contribution in [-0.2, 0) is 14.8 Å². The van der Waals surface area contributed by atoms with Gasteiger partial charge in [0.2, 0.25) is 10.0 Å². The molecule has 0 saturated heterocycles. The van der Waals surface area contributed by atoms with Gasteiger partial charge in [-0.2, -0.15) is 5.26 Å². The second-order valence-electron chi connectivity index (χ2n) is 4.77. The van der Waals surface area contributed by atoms with Crippen LogP contribution in [0.3, 0.4) is 0 Å². The summed E-state index contributed by atoms with van der Waals surface area (Å²) < 4.78 is 39.7. The number of carbonyl (C=O) groups is 1. The first kappa shape index (κ1) is 17.1. The van der Waals surface area contributed by atoms with Crippen molar-refractivity contribution < 1.29 is 22.7 Å². The van der Waals surface area contributed by atoms with E-state index in [1.165, 1.54) is 12.1 Å². The van der Waals surface area contributed by atoms with Crippen molar-refractivity contribution in [2.24, 2.45) is 11.8 Å². The molecule has 8 heteroatoms. The van der Waals surface area contributed by atoms with E-state index in [0.717, 1.165) is 12.1 Å². The molecule has 1 unspecified atom stereocenters. The van der Waals surface area contributed by atoms with Gasteiger partial charge in [-0.1, -0.05) is 19.9 Å². The number of carboxylic acid groups (broad SMARTS) is 1. The highest BCUT2D eigenvalue weighted by atomic mass is 32.2. The summed E-state index contributed by atoms with van der Waals surface area (Å²) in [4.78, 5) is 10.5. The van der Waals surface area contributed by atoms with Crippen molar-refractivity contribution in [1.29, 1.82) is 5.26 Å². The fourth-order valence-electron chi connectivity index (χ4n) is 1.72. The Balaban J connectivity index is 3.06. The zero-order chi connectivity index (χ0) is 16.2. The van der Waals surface area contributed by atoms with Crippen LogP contribution in [0.25, 0.3) is 0 Å². The molecule has 0 amide bonds. The Labute approximate surface area is 122 Å². The number of halogens is 1. The summed E-state index contributed by atoms with van der Waals surface area (Å²) in [6.07, 6.45) is 0. The van der Waals surface area contributed by atoms with Gasteiger partial charge >= 0.3 is 5.97 Å². The molecule has 0 aliphatic carbocycles. The summed E-state index contributed by atoms with van der Waals surface area (Å²) in [5.74, 6) is -3.28. The third-order valence-electron chi connectivity index (χ3n) is 2.99. The van der Waals surface area contributed by atoms with E-state index in [2.05, 4.69) is 4.72 Å². The van der Waals surface area contributed by atoms with Gasteiger partial charge in [-0.25, -0.2) is 17.5 Å². The Morgan fingerprint density at radius 3 is 2.57 bits per heavy atom. The Hall–Kier alpha value is -1.98. The molecule has 6 nitrogen and oxygen atoms in total. The van der Waals surface area contributed by atoms with Gasteiger partial charge in [0.1, 0.15) is 22.3 Å². The van der Waals surface area contributed by atoms with E-state index in [9.17, 15) is 17.6 Å². The quantitative estimate of drug-likeness (QED) is 0.823. The van der Waals surface area contributed by atoms with E-state index in [0.29, 0.717) is 0 Å². The van der Waals surface area contributed by atoms with E-state index in [4.69, 9.17) is 10.4 Å². The molecular formula is C13H15FN2O4S. The molecule has 0 saturated carbocycles. The fourth-order valence-corrected chi connectivity index (χ4v) is 2.95. The Morgan fingerprint density at radius 1 is 1.48 bits per heavy atom. The first-order valence-electron chi connectivity index (χ1n) is 6.11. The third-order valence-corrected chi connectivity index (χ3v) is 4.46. The molecule has 0 heterocycles. The lowest BCUT2D eigenvalue weighted by Crippen LogP contribution is -2.35. The molecular weight excluding hydrogens is 299 g/mol. The van der Waals surface area contributed by atoms with Crippen LogP contribution >= 0.6 is 0 Å². The minimum Gasteiger partial charge on any atom is -0.481 e. The van der Waals surface area contributed by atoms with Crippen LogP contribution < -0.4 is 4.72 Å². The number of nitrogens with zero attached hydrogens (tertiary/aromatic N) is 1. The number of aliphatic carboxylic acids is 1. The van der Waals surface area contributed by atoms with E-state index in [1.807, 2.05) is 0 Å². The van der Waals surface area contributed by atoms with Crippen molar-refractivity contribution in [3.05, 3.63) is 29.6 Å². The highest BCUT2D eigenvalue weighted by Gasteiger charge is 2.26. The van der Waals surface area contributed by atoms with Crippen LogP contribution in [0.5, 0.6) is 0 Å². The van der Waals surface area contributed by atoms with Gasteiger partial charge in [-0.05, 0) is 18.1 Å². The summed E-state index contributed by atoms with van der Waals surface area (Å²) in [5.41, 5.74) is -0.596. The smallest absolute Gasteiger partial charge is 0.308 e. The second-order valence-corrected chi connectivity index (χ2v) is 6.50. The van der Waals surface area contributed by atoms with Crippen molar-refractivity contribution in [3.63, 3.8) is 0 Å². The number of benzene rings is 1. The molecule has 0 radical (unpaired) electrons. The van der Waals surface area contributed by atoms with Crippen molar-refractivity contribution in [3.8, 4) is 6.07 Å². The van der Waals surface area contributed by atoms with Crippen molar-refractivity contribution >= 4 is 16.0 Å². The molecule has 114 valence electrons. The Bertz CT molecular complexity index is 680. The Kier molecular flexibility index (Phi) is 5.41. The molecule has 1 atom stereocenters. The normalized spacial score (nSPS) is 12.9. The van der Waals surface area contributed by atoms with Crippen LogP contribution in [0.2, 0.25) is 0 Å². The molecule has 0 fully saturated rings. The summed E-state index contributed by atoms with van der Waals surface area (Å²) in [7, 11) is -4.16. The summed E-state index contributed by atoms with van der Waals surface area (Å²) in [5, 5.41) is 17.8. The van der Waals surface area contributed by atoms with Gasteiger partial charge in [-0.15, -0.1) is 0 Å².